The van der Waals surface area contributed by atoms with Crippen molar-refractivity contribution in [3.8, 4) is 5.75 Å². The van der Waals surface area contributed by atoms with Gasteiger partial charge in [0, 0.05) is 27.3 Å². The Morgan fingerprint density at radius 3 is 1.64 bits per heavy atom. The van der Waals surface area contributed by atoms with Gasteiger partial charge in [-0.2, -0.15) is 0 Å². The summed E-state index contributed by atoms with van der Waals surface area (Å²) in [5.74, 6) is -1.46. The van der Waals surface area contributed by atoms with Crippen molar-refractivity contribution in [1.29, 1.82) is 0 Å². The second-order valence-electron chi connectivity index (χ2n) is 18.8. The SMILES string of the molecule is CCCCCC/C=C\CCCOc1cccc(CN[C@@H]2C(OC3C(CO)OC(OC4C(CO)OC(OC5C(COS)OC(O)C(NC(C)=O)C5O)C(NC(C)=O)C4O)[C@@H](NC(C)=O)C3O)OC(CO)C(O)C2O)c1. The average molecular weight is 1080 g/mol. The van der Waals surface area contributed by atoms with Crippen molar-refractivity contribution in [2.45, 2.75) is 202 Å². The number of aliphatic hydroxyl groups excluding tert-OH is 9. The van der Waals surface area contributed by atoms with Gasteiger partial charge >= 0.3 is 0 Å². The number of carbonyl (C=O) groups excluding carboxylic acids is 3. The number of amides is 3. The van der Waals surface area contributed by atoms with Crippen LogP contribution in [0.5, 0.6) is 5.75 Å². The number of hydrogen-bond donors (Lipinski definition) is 14. The molecule has 0 spiro atoms. The predicted octanol–water partition coefficient (Wildman–Crippen LogP) is -2.97. The van der Waals surface area contributed by atoms with Crippen molar-refractivity contribution < 1.29 is 102 Å². The Balaban J connectivity index is 1.31. The lowest BCUT2D eigenvalue weighted by Gasteiger charge is -2.51. The minimum atomic E-state index is -1.87. The van der Waals surface area contributed by atoms with Gasteiger partial charge in [-0.15, -0.1) is 0 Å². The molecule has 20 atom stereocenters. The molecule has 0 aromatic heterocycles. The van der Waals surface area contributed by atoms with Crippen LogP contribution in [0.4, 0.5) is 0 Å². The first kappa shape index (κ1) is 61.7. The first-order chi connectivity index (χ1) is 35.5. The molecule has 4 heterocycles. The summed E-state index contributed by atoms with van der Waals surface area (Å²) >= 11 is 3.74. The molecule has 74 heavy (non-hydrogen) atoms. The van der Waals surface area contributed by atoms with Gasteiger partial charge in [-0.05, 0) is 56.3 Å². The summed E-state index contributed by atoms with van der Waals surface area (Å²) in [7, 11) is 0. The van der Waals surface area contributed by atoms with E-state index in [1.165, 1.54) is 25.7 Å². The molecule has 422 valence electrons. The van der Waals surface area contributed by atoms with Crippen LogP contribution in [-0.2, 0) is 58.3 Å². The summed E-state index contributed by atoms with van der Waals surface area (Å²) in [5.41, 5.74) is 0.719. The van der Waals surface area contributed by atoms with Crippen molar-refractivity contribution in [2.24, 2.45) is 0 Å². The van der Waals surface area contributed by atoms with Gasteiger partial charge in [-0.1, -0.05) is 50.5 Å². The molecule has 25 nitrogen and oxygen atoms in total. The fourth-order valence-corrected chi connectivity index (χ4v) is 9.50. The van der Waals surface area contributed by atoms with E-state index in [-0.39, 0.29) is 13.2 Å². The van der Waals surface area contributed by atoms with Crippen LogP contribution in [-0.4, -0.2) is 219 Å². The van der Waals surface area contributed by atoms with E-state index in [4.69, 9.17) is 42.1 Å². The molecule has 4 saturated heterocycles. The van der Waals surface area contributed by atoms with Crippen molar-refractivity contribution in [2.75, 3.05) is 33.0 Å². The molecule has 4 aliphatic heterocycles. The Morgan fingerprint density at radius 1 is 0.608 bits per heavy atom. The van der Waals surface area contributed by atoms with E-state index in [9.17, 15) is 60.3 Å². The number of aliphatic hydroxyl groups is 9. The van der Waals surface area contributed by atoms with E-state index in [0.29, 0.717) is 12.4 Å². The van der Waals surface area contributed by atoms with Crippen LogP contribution in [0.3, 0.4) is 0 Å². The van der Waals surface area contributed by atoms with Crippen LogP contribution in [0.1, 0.15) is 78.2 Å². The van der Waals surface area contributed by atoms with Crippen molar-refractivity contribution >= 4 is 30.6 Å². The summed E-state index contributed by atoms with van der Waals surface area (Å²) < 4.78 is 53.1. The van der Waals surface area contributed by atoms with Gasteiger partial charge in [-0.3, -0.25) is 14.4 Å². The van der Waals surface area contributed by atoms with Crippen LogP contribution in [0.2, 0.25) is 0 Å². The minimum Gasteiger partial charge on any atom is -0.494 e. The first-order valence-electron chi connectivity index (χ1n) is 25.1. The maximum absolute atomic E-state index is 12.7. The molecule has 4 aliphatic rings. The van der Waals surface area contributed by atoms with E-state index in [1.54, 1.807) is 12.1 Å². The number of hydrogen-bond acceptors (Lipinski definition) is 23. The summed E-state index contributed by atoms with van der Waals surface area (Å²) in [4.78, 5) is 37.2. The molecule has 13 N–H and O–H groups in total. The van der Waals surface area contributed by atoms with Crippen molar-refractivity contribution in [3.63, 3.8) is 0 Å². The van der Waals surface area contributed by atoms with E-state index >= 15 is 0 Å². The Labute approximate surface area is 435 Å². The van der Waals surface area contributed by atoms with Gasteiger partial charge in [-0.25, -0.2) is 0 Å². The number of carbonyl (C=O) groups is 3. The Bertz CT molecular complexity index is 1900. The fraction of sp³-hybridized carbons (Fsp3) is 0.771. The largest absolute Gasteiger partial charge is 0.494 e. The highest BCUT2D eigenvalue weighted by atomic mass is 32.1. The van der Waals surface area contributed by atoms with Crippen molar-refractivity contribution in [1.82, 2.24) is 21.3 Å². The fourth-order valence-electron chi connectivity index (χ4n) is 9.36. The maximum atomic E-state index is 12.7. The van der Waals surface area contributed by atoms with Crippen LogP contribution < -0.4 is 26.0 Å². The third-order valence-electron chi connectivity index (χ3n) is 13.1. The zero-order valence-electron chi connectivity index (χ0n) is 42.1. The summed E-state index contributed by atoms with van der Waals surface area (Å²) in [6, 6.07) is 1.39. The monoisotopic (exact) mass is 1080 g/mol. The number of allylic oxidation sites excluding steroid dienone is 2. The standard InChI is InChI=1S/C48H78N4O21S/c1-5-6-7-8-9-10-11-12-13-17-65-28-16-14-15-27(18-28)19-49-34-38(60)37(59)29(20-53)68-46(34)71-42-30(21-54)69-47(35(40(42)62)51-25(3)57)72-43-31(22-55)70-48(36(41(43)63)52-26(4)58)73-44-32(23-66-74)67-45(64)33(39(44)61)50-24(2)56/h10-11,14-16,18,29-49,53-55,59-64,74H,5-9,12-13,17,19-23H2,1-4H3,(H,50,56)(H,51,57)(H,52,58)/b11-10-/t29?,30?,31?,32?,33?,34-,35-,36?,37?,38?,39?,40?,41?,42?,43?,44?,45?,46?,47?,48?/m0/s1. The lowest BCUT2D eigenvalue weighted by Crippen LogP contribution is -2.71. The Morgan fingerprint density at radius 2 is 1.11 bits per heavy atom. The third kappa shape index (κ3) is 16.9. The van der Waals surface area contributed by atoms with Gasteiger partial charge in [0.1, 0.15) is 97.1 Å². The minimum absolute atomic E-state index is 0.0839. The molecule has 3 amide bonds. The summed E-state index contributed by atoms with van der Waals surface area (Å²) in [5, 5.41) is 110. The van der Waals surface area contributed by atoms with Crippen LogP contribution in [0, 0.1) is 0 Å². The van der Waals surface area contributed by atoms with Crippen LogP contribution in [0.15, 0.2) is 36.4 Å². The normalized spacial score (nSPS) is 36.6. The molecule has 1 aromatic carbocycles. The number of nitrogens with one attached hydrogen (secondary N) is 4. The number of unbranched alkanes of at least 4 members (excludes halogenated alkanes) is 5. The van der Waals surface area contributed by atoms with Gasteiger partial charge in [0.15, 0.2) is 25.2 Å². The van der Waals surface area contributed by atoms with E-state index in [0.717, 1.165) is 45.6 Å². The second kappa shape index (κ2) is 30.7. The predicted molar refractivity (Wildman–Crippen MR) is 260 cm³/mol. The van der Waals surface area contributed by atoms with Crippen LogP contribution >= 0.6 is 12.9 Å². The zero-order valence-corrected chi connectivity index (χ0v) is 43.0. The van der Waals surface area contributed by atoms with E-state index in [2.05, 4.69) is 53.3 Å². The lowest BCUT2D eigenvalue weighted by molar-refractivity contribution is -0.362. The molecule has 5 rings (SSSR count). The number of ether oxygens (including phenoxy) is 8. The zero-order chi connectivity index (χ0) is 54.1. The Kier molecular flexibility index (Phi) is 25.5. The molecule has 0 radical (unpaired) electrons. The molecule has 0 saturated carbocycles. The smallest absolute Gasteiger partial charge is 0.217 e. The number of thiol groups is 1. The maximum Gasteiger partial charge on any atom is 0.217 e. The molecule has 4 fully saturated rings. The highest BCUT2D eigenvalue weighted by Gasteiger charge is 2.56. The first-order valence-corrected chi connectivity index (χ1v) is 25.5. The Hall–Kier alpha value is -3.20. The topological polar surface area (TPSA) is 364 Å². The quantitative estimate of drug-likeness (QED) is 0.0181. The molecular weight excluding hydrogens is 1000 g/mol. The summed E-state index contributed by atoms with van der Waals surface area (Å²) in [6.07, 6.45) is -13.9. The molecule has 18 unspecified atom stereocenters. The van der Waals surface area contributed by atoms with Gasteiger partial charge in [0.25, 0.3) is 0 Å². The van der Waals surface area contributed by atoms with Crippen LogP contribution in [0.25, 0.3) is 0 Å². The van der Waals surface area contributed by atoms with Gasteiger partial charge in [0.05, 0.1) is 39.1 Å². The van der Waals surface area contributed by atoms with E-state index < -0.39 is 160 Å². The highest BCUT2D eigenvalue weighted by Crippen LogP contribution is 2.35. The van der Waals surface area contributed by atoms with Gasteiger partial charge < -0.3 is 109 Å². The molecule has 0 bridgehead atoms. The molecule has 26 heteroatoms. The van der Waals surface area contributed by atoms with E-state index in [1.807, 2.05) is 12.1 Å². The molecule has 0 aliphatic carbocycles. The lowest BCUT2D eigenvalue weighted by atomic mass is 9.93. The average Bonchev–Trinajstić information content (AvgIpc) is 3.36. The number of rotatable bonds is 27. The highest BCUT2D eigenvalue weighted by molar-refractivity contribution is 7.75. The van der Waals surface area contributed by atoms with Crippen molar-refractivity contribution in [3.05, 3.63) is 42.0 Å². The molecular formula is C48H78N4O21S. The van der Waals surface area contributed by atoms with Gasteiger partial charge in [0.2, 0.25) is 17.7 Å². The second-order valence-corrected chi connectivity index (χ2v) is 19.1. The third-order valence-corrected chi connectivity index (χ3v) is 13.3. The molecule has 1 aromatic rings. The number of benzene rings is 1. The summed E-state index contributed by atoms with van der Waals surface area (Å²) in [6.45, 7) is 3.22.